The Balaban J connectivity index is 0.000000202. The lowest BCUT2D eigenvalue weighted by Gasteiger charge is -2.28. The minimum atomic E-state index is -4.55. The fraction of sp³-hybridized carbons (Fsp3) is 0.350. The van der Waals surface area contributed by atoms with Gasteiger partial charge in [0.15, 0.2) is 0 Å². The number of anilines is 2. The van der Waals surface area contributed by atoms with Crippen LogP contribution in [-0.4, -0.2) is 32.2 Å². The molecule has 4 nitrogen and oxygen atoms in total. The number of halogens is 4. The van der Waals surface area contributed by atoms with Crippen molar-refractivity contribution in [3.63, 3.8) is 0 Å². The Morgan fingerprint density at radius 3 is 2.21 bits per heavy atom. The van der Waals surface area contributed by atoms with Crippen molar-refractivity contribution in [3.8, 4) is 0 Å². The topological polar surface area (TPSA) is 41.6 Å². The molecule has 2 aromatic carbocycles. The number of hydrogen-bond donors (Lipinski definition) is 1. The SMILES string of the molecule is CC(=O)Nc1cc(C(F)(F)F)ccc1F.Cc1ccc(N2CCOCC2)cc1. The van der Waals surface area contributed by atoms with Gasteiger partial charge in [-0.1, -0.05) is 17.7 Å². The van der Waals surface area contributed by atoms with E-state index >= 15 is 0 Å². The Bertz CT molecular complexity index is 786. The van der Waals surface area contributed by atoms with Gasteiger partial charge in [-0.05, 0) is 37.3 Å². The summed E-state index contributed by atoms with van der Waals surface area (Å²) in [5.41, 5.74) is 1.15. The normalized spacial score (nSPS) is 14.1. The third-order valence-corrected chi connectivity index (χ3v) is 4.01. The maximum absolute atomic E-state index is 12.9. The van der Waals surface area contributed by atoms with E-state index in [1.165, 1.54) is 11.3 Å². The van der Waals surface area contributed by atoms with Crippen molar-refractivity contribution in [2.75, 3.05) is 36.5 Å². The fourth-order valence-corrected chi connectivity index (χ4v) is 2.56. The maximum Gasteiger partial charge on any atom is 0.416 e. The second-order valence-electron chi connectivity index (χ2n) is 6.31. The van der Waals surface area contributed by atoms with Gasteiger partial charge >= 0.3 is 6.18 Å². The zero-order chi connectivity index (χ0) is 20.7. The van der Waals surface area contributed by atoms with E-state index in [2.05, 4.69) is 36.1 Å². The van der Waals surface area contributed by atoms with Crippen molar-refractivity contribution in [1.82, 2.24) is 0 Å². The molecule has 1 fully saturated rings. The van der Waals surface area contributed by atoms with Crippen molar-refractivity contribution >= 4 is 17.3 Å². The monoisotopic (exact) mass is 398 g/mol. The van der Waals surface area contributed by atoms with E-state index < -0.39 is 29.2 Å². The molecule has 1 saturated heterocycles. The molecule has 3 rings (SSSR count). The molecule has 0 radical (unpaired) electrons. The number of amides is 1. The van der Waals surface area contributed by atoms with Gasteiger partial charge in [-0.25, -0.2) is 4.39 Å². The summed E-state index contributed by atoms with van der Waals surface area (Å²) in [6.45, 7) is 6.94. The van der Waals surface area contributed by atoms with Gasteiger partial charge in [0.25, 0.3) is 0 Å². The van der Waals surface area contributed by atoms with Crippen molar-refractivity contribution in [1.29, 1.82) is 0 Å². The highest BCUT2D eigenvalue weighted by molar-refractivity contribution is 5.88. The first kappa shape index (κ1) is 21.7. The van der Waals surface area contributed by atoms with Crippen molar-refractivity contribution in [3.05, 3.63) is 59.4 Å². The number of aryl methyl sites for hydroxylation is 1. The number of rotatable bonds is 2. The first-order chi connectivity index (χ1) is 13.2. The van der Waals surface area contributed by atoms with E-state index in [9.17, 15) is 22.4 Å². The van der Waals surface area contributed by atoms with Crippen LogP contribution >= 0.6 is 0 Å². The smallest absolute Gasteiger partial charge is 0.378 e. The van der Waals surface area contributed by atoms with Gasteiger partial charge in [0.05, 0.1) is 24.5 Å². The van der Waals surface area contributed by atoms with Crippen molar-refractivity contribution in [2.45, 2.75) is 20.0 Å². The predicted molar refractivity (Wildman–Crippen MR) is 99.9 cm³/mol. The number of morpholine rings is 1. The average Bonchev–Trinajstić information content (AvgIpc) is 2.64. The molecule has 0 unspecified atom stereocenters. The van der Waals surface area contributed by atoms with Crippen LogP contribution in [0.2, 0.25) is 0 Å². The number of benzene rings is 2. The molecule has 8 heteroatoms. The van der Waals surface area contributed by atoms with Gasteiger partial charge in [-0.15, -0.1) is 0 Å². The van der Waals surface area contributed by atoms with Gasteiger partial charge < -0.3 is 15.0 Å². The minimum absolute atomic E-state index is 0.475. The standard InChI is InChI=1S/C11H15NO.C9H7F4NO/c1-10-2-4-11(5-3-10)12-6-8-13-9-7-12;1-5(15)14-8-4-6(9(11,12)13)2-3-7(8)10/h2-5H,6-9H2,1H3;2-4H,1H3,(H,14,15). The highest BCUT2D eigenvalue weighted by atomic mass is 19.4. The molecule has 0 aliphatic carbocycles. The largest absolute Gasteiger partial charge is 0.416 e. The van der Waals surface area contributed by atoms with E-state index in [1.807, 2.05) is 5.32 Å². The molecule has 28 heavy (non-hydrogen) atoms. The quantitative estimate of drug-likeness (QED) is 0.750. The van der Waals surface area contributed by atoms with Crippen molar-refractivity contribution < 1.29 is 27.1 Å². The maximum atomic E-state index is 12.9. The first-order valence-corrected chi connectivity index (χ1v) is 8.70. The van der Waals surface area contributed by atoms with Crippen LogP contribution in [0.1, 0.15) is 18.1 Å². The van der Waals surface area contributed by atoms with E-state index in [0.717, 1.165) is 33.2 Å². The summed E-state index contributed by atoms with van der Waals surface area (Å²) in [5, 5.41) is 1.97. The summed E-state index contributed by atoms with van der Waals surface area (Å²) in [7, 11) is 0. The summed E-state index contributed by atoms with van der Waals surface area (Å²) in [6.07, 6.45) is -4.55. The molecule has 1 aliphatic rings. The van der Waals surface area contributed by atoms with Gasteiger partial charge in [0, 0.05) is 25.7 Å². The average molecular weight is 398 g/mol. The van der Waals surface area contributed by atoms with Gasteiger partial charge in [0.2, 0.25) is 5.91 Å². The molecule has 0 bridgehead atoms. The number of ether oxygens (including phenoxy) is 1. The van der Waals surface area contributed by atoms with Crippen LogP contribution in [0.3, 0.4) is 0 Å². The molecule has 0 spiro atoms. The molecule has 1 aliphatic heterocycles. The van der Waals surface area contributed by atoms with Gasteiger partial charge in [0.1, 0.15) is 5.82 Å². The lowest BCUT2D eigenvalue weighted by atomic mass is 10.2. The summed E-state index contributed by atoms with van der Waals surface area (Å²) < 4.78 is 54.8. The van der Waals surface area contributed by atoms with Crippen molar-refractivity contribution in [2.24, 2.45) is 0 Å². The number of carbonyl (C=O) groups excluding carboxylic acids is 1. The number of nitrogens with zero attached hydrogens (tertiary/aromatic N) is 1. The predicted octanol–water partition coefficient (Wildman–Crippen LogP) is 4.63. The summed E-state index contributed by atoms with van der Waals surface area (Å²) in [6, 6.07) is 10.5. The second kappa shape index (κ2) is 9.54. The Morgan fingerprint density at radius 1 is 1.07 bits per heavy atom. The van der Waals surface area contributed by atoms with E-state index in [4.69, 9.17) is 4.74 Å². The number of nitrogens with one attached hydrogen (secondary N) is 1. The molecule has 1 N–H and O–H groups in total. The summed E-state index contributed by atoms with van der Waals surface area (Å²) >= 11 is 0. The molecule has 0 aromatic heterocycles. The molecule has 152 valence electrons. The molecule has 0 saturated carbocycles. The van der Waals surface area contributed by atoms with E-state index in [-0.39, 0.29) is 0 Å². The molecule has 1 heterocycles. The summed E-state index contributed by atoms with van der Waals surface area (Å²) in [5.74, 6) is -1.54. The second-order valence-corrected chi connectivity index (χ2v) is 6.31. The van der Waals surface area contributed by atoms with E-state index in [0.29, 0.717) is 18.2 Å². The van der Waals surface area contributed by atoms with Crippen LogP contribution in [0.15, 0.2) is 42.5 Å². The molecular weight excluding hydrogens is 376 g/mol. The Kier molecular flexibility index (Phi) is 7.39. The Hall–Kier alpha value is -2.61. The van der Waals surface area contributed by atoms with Crippen LogP contribution in [0.25, 0.3) is 0 Å². The van der Waals surface area contributed by atoms with Crippen LogP contribution in [-0.2, 0) is 15.7 Å². The lowest BCUT2D eigenvalue weighted by Crippen LogP contribution is -2.36. The van der Waals surface area contributed by atoms with Crippen LogP contribution in [0.4, 0.5) is 28.9 Å². The third kappa shape index (κ3) is 6.53. The third-order valence-electron chi connectivity index (χ3n) is 4.01. The number of hydrogen-bond acceptors (Lipinski definition) is 3. The Labute approximate surface area is 161 Å². The number of alkyl halides is 3. The van der Waals surface area contributed by atoms with E-state index in [1.54, 1.807) is 0 Å². The zero-order valence-corrected chi connectivity index (χ0v) is 15.6. The zero-order valence-electron chi connectivity index (χ0n) is 15.6. The fourth-order valence-electron chi connectivity index (χ4n) is 2.56. The highest BCUT2D eigenvalue weighted by Crippen LogP contribution is 2.31. The Morgan fingerprint density at radius 2 is 1.68 bits per heavy atom. The molecule has 1 amide bonds. The van der Waals surface area contributed by atoms with Gasteiger partial charge in [-0.2, -0.15) is 13.2 Å². The lowest BCUT2D eigenvalue weighted by molar-refractivity contribution is -0.137. The number of carbonyl (C=O) groups is 1. The van der Waals surface area contributed by atoms with Gasteiger partial charge in [-0.3, -0.25) is 4.79 Å². The highest BCUT2D eigenvalue weighted by Gasteiger charge is 2.31. The molecular formula is C20H22F4N2O2. The first-order valence-electron chi connectivity index (χ1n) is 8.70. The molecule has 0 atom stereocenters. The minimum Gasteiger partial charge on any atom is -0.378 e. The van der Waals surface area contributed by atoms with Crippen LogP contribution in [0.5, 0.6) is 0 Å². The molecule has 2 aromatic rings. The van der Waals surface area contributed by atoms with Crippen LogP contribution in [0, 0.1) is 12.7 Å². The summed E-state index contributed by atoms with van der Waals surface area (Å²) in [4.78, 5) is 12.9. The van der Waals surface area contributed by atoms with Crippen LogP contribution < -0.4 is 10.2 Å².